The topological polar surface area (TPSA) is 67.4 Å². The second kappa shape index (κ2) is 8.43. The molecule has 2 N–H and O–H groups in total. The predicted octanol–water partition coefficient (Wildman–Crippen LogP) is 3.75. The van der Waals surface area contributed by atoms with Gasteiger partial charge < -0.3 is 15.4 Å². The van der Waals surface area contributed by atoms with Crippen LogP contribution < -0.4 is 10.6 Å². The van der Waals surface area contributed by atoms with Crippen molar-refractivity contribution in [1.82, 2.24) is 5.32 Å². The molecule has 3 rings (SSSR count). The third-order valence-corrected chi connectivity index (χ3v) is 4.32. The first-order valence-corrected chi connectivity index (χ1v) is 8.80. The van der Waals surface area contributed by atoms with Crippen LogP contribution in [-0.2, 0) is 22.3 Å². The molecule has 0 bridgehead atoms. The van der Waals surface area contributed by atoms with E-state index in [9.17, 15) is 22.8 Å². The molecule has 1 aliphatic rings. The van der Waals surface area contributed by atoms with Crippen molar-refractivity contribution in [2.24, 2.45) is 0 Å². The summed E-state index contributed by atoms with van der Waals surface area (Å²) in [6, 6.07) is 11.1. The lowest BCUT2D eigenvalue weighted by molar-refractivity contribution is -0.137. The Balaban J connectivity index is 1.61. The van der Waals surface area contributed by atoms with Crippen molar-refractivity contribution in [2.45, 2.75) is 31.7 Å². The zero-order valence-electron chi connectivity index (χ0n) is 14.9. The molecule has 0 radical (unpaired) electrons. The average molecular weight is 392 g/mol. The molecular weight excluding hydrogens is 373 g/mol. The lowest BCUT2D eigenvalue weighted by Crippen LogP contribution is -2.27. The molecular formula is C20H19F3N2O3. The molecule has 2 amide bonds. The molecule has 1 aliphatic heterocycles. The first-order valence-electron chi connectivity index (χ1n) is 8.80. The number of ether oxygens (including phenoxy) is 1. The zero-order valence-corrected chi connectivity index (χ0v) is 14.9. The Morgan fingerprint density at radius 3 is 2.61 bits per heavy atom. The van der Waals surface area contributed by atoms with E-state index in [-0.39, 0.29) is 18.0 Å². The van der Waals surface area contributed by atoms with Gasteiger partial charge >= 0.3 is 6.18 Å². The molecule has 28 heavy (non-hydrogen) atoms. The molecule has 148 valence electrons. The van der Waals surface area contributed by atoms with E-state index < -0.39 is 23.8 Å². The third kappa shape index (κ3) is 5.10. The molecule has 1 saturated heterocycles. The summed E-state index contributed by atoms with van der Waals surface area (Å²) in [4.78, 5) is 24.4. The van der Waals surface area contributed by atoms with Gasteiger partial charge in [-0.15, -0.1) is 0 Å². The number of hydrogen-bond donors (Lipinski definition) is 2. The number of rotatable bonds is 5. The van der Waals surface area contributed by atoms with Crippen LogP contribution in [0.5, 0.6) is 0 Å². The van der Waals surface area contributed by atoms with Gasteiger partial charge in [-0.1, -0.05) is 18.2 Å². The number of carbonyl (C=O) groups excluding carboxylic acids is 2. The maximum atomic E-state index is 12.8. The minimum Gasteiger partial charge on any atom is -0.368 e. The second-order valence-corrected chi connectivity index (χ2v) is 6.45. The number of nitrogens with one attached hydrogen (secondary N) is 2. The fourth-order valence-corrected chi connectivity index (χ4v) is 2.89. The molecule has 1 unspecified atom stereocenters. The van der Waals surface area contributed by atoms with Gasteiger partial charge in [0.1, 0.15) is 6.10 Å². The molecule has 0 saturated carbocycles. The predicted molar refractivity (Wildman–Crippen MR) is 96.7 cm³/mol. The normalized spacial score (nSPS) is 16.6. The van der Waals surface area contributed by atoms with Crippen LogP contribution >= 0.6 is 0 Å². The average Bonchev–Trinajstić information content (AvgIpc) is 3.21. The van der Waals surface area contributed by atoms with E-state index in [0.29, 0.717) is 24.3 Å². The molecule has 1 fully saturated rings. The maximum absolute atomic E-state index is 12.8. The number of hydrogen-bond acceptors (Lipinski definition) is 3. The molecule has 0 spiro atoms. The van der Waals surface area contributed by atoms with E-state index in [0.717, 1.165) is 18.6 Å². The Bertz CT molecular complexity index is 862. The molecule has 5 nitrogen and oxygen atoms in total. The highest BCUT2D eigenvalue weighted by molar-refractivity contribution is 5.98. The van der Waals surface area contributed by atoms with Crippen molar-refractivity contribution in [2.75, 3.05) is 11.9 Å². The summed E-state index contributed by atoms with van der Waals surface area (Å²) in [5.74, 6) is -0.718. The fourth-order valence-electron chi connectivity index (χ4n) is 2.89. The lowest BCUT2D eigenvalue weighted by atomic mass is 10.1. The molecule has 1 heterocycles. The smallest absolute Gasteiger partial charge is 0.368 e. The minimum atomic E-state index is -4.43. The number of alkyl halides is 3. The maximum Gasteiger partial charge on any atom is 0.416 e. The van der Waals surface area contributed by atoms with Gasteiger partial charge in [-0.3, -0.25) is 9.59 Å². The van der Waals surface area contributed by atoms with E-state index in [2.05, 4.69) is 10.6 Å². The van der Waals surface area contributed by atoms with Gasteiger partial charge in [0.15, 0.2) is 0 Å². The van der Waals surface area contributed by atoms with Gasteiger partial charge in [-0.05, 0) is 48.7 Å². The van der Waals surface area contributed by atoms with Crippen LogP contribution in [0, 0.1) is 0 Å². The van der Waals surface area contributed by atoms with Crippen LogP contribution in [0.1, 0.15) is 34.3 Å². The number of halogens is 3. The molecule has 8 heteroatoms. The van der Waals surface area contributed by atoms with Crippen LogP contribution in [0.4, 0.5) is 18.9 Å². The van der Waals surface area contributed by atoms with E-state index in [1.807, 2.05) is 0 Å². The van der Waals surface area contributed by atoms with E-state index in [4.69, 9.17) is 4.74 Å². The van der Waals surface area contributed by atoms with Crippen molar-refractivity contribution in [3.05, 3.63) is 65.2 Å². The summed E-state index contributed by atoms with van der Waals surface area (Å²) in [5.41, 5.74) is 0.313. The Morgan fingerprint density at radius 1 is 1.11 bits per heavy atom. The van der Waals surface area contributed by atoms with Gasteiger partial charge in [0.25, 0.3) is 11.8 Å². The van der Waals surface area contributed by atoms with Crippen molar-refractivity contribution >= 4 is 17.5 Å². The minimum absolute atomic E-state index is 0.0464. The Hall–Kier alpha value is -2.87. The van der Waals surface area contributed by atoms with Gasteiger partial charge in [-0.25, -0.2) is 0 Å². The van der Waals surface area contributed by atoms with Crippen LogP contribution in [-0.4, -0.2) is 24.5 Å². The highest BCUT2D eigenvalue weighted by atomic mass is 19.4. The molecule has 1 atom stereocenters. The highest BCUT2D eigenvalue weighted by Crippen LogP contribution is 2.29. The largest absolute Gasteiger partial charge is 0.416 e. The molecule has 2 aromatic carbocycles. The highest BCUT2D eigenvalue weighted by Gasteiger charge is 2.30. The third-order valence-electron chi connectivity index (χ3n) is 4.32. The van der Waals surface area contributed by atoms with E-state index in [1.165, 1.54) is 18.2 Å². The van der Waals surface area contributed by atoms with Gasteiger partial charge in [0, 0.05) is 24.4 Å². The summed E-state index contributed by atoms with van der Waals surface area (Å²) in [5, 5.41) is 5.29. The summed E-state index contributed by atoms with van der Waals surface area (Å²) in [7, 11) is 0. The zero-order chi connectivity index (χ0) is 20.1. The van der Waals surface area contributed by atoms with Gasteiger partial charge in [0.2, 0.25) is 0 Å². The van der Waals surface area contributed by atoms with Crippen molar-refractivity contribution in [1.29, 1.82) is 0 Å². The first kappa shape index (κ1) is 19.9. The van der Waals surface area contributed by atoms with Crippen LogP contribution in [0.3, 0.4) is 0 Å². The Morgan fingerprint density at radius 2 is 1.89 bits per heavy atom. The Labute approximate surface area is 159 Å². The first-order chi connectivity index (χ1) is 13.3. The fraction of sp³-hybridized carbons (Fsp3) is 0.300. The molecule has 2 aromatic rings. The van der Waals surface area contributed by atoms with Crippen LogP contribution in [0.25, 0.3) is 0 Å². The number of amides is 2. The van der Waals surface area contributed by atoms with Crippen molar-refractivity contribution < 1.29 is 27.5 Å². The van der Waals surface area contributed by atoms with E-state index in [1.54, 1.807) is 18.2 Å². The molecule has 0 aliphatic carbocycles. The Kier molecular flexibility index (Phi) is 5.99. The number of benzene rings is 2. The van der Waals surface area contributed by atoms with Gasteiger partial charge in [0.05, 0.1) is 5.56 Å². The standard InChI is InChI=1S/C20H19F3N2O3/c21-20(22,23)15-6-1-4-13(10-15)12-24-18(26)14-5-2-7-16(11-14)25-19(27)17-8-3-9-28-17/h1-2,4-7,10-11,17H,3,8-9,12H2,(H,24,26)(H,25,27). The van der Waals surface area contributed by atoms with Gasteiger partial charge in [-0.2, -0.15) is 13.2 Å². The van der Waals surface area contributed by atoms with Crippen LogP contribution in [0.15, 0.2) is 48.5 Å². The van der Waals surface area contributed by atoms with E-state index >= 15 is 0 Å². The summed E-state index contributed by atoms with van der Waals surface area (Å²) in [6.07, 6.45) is -3.44. The molecule has 0 aromatic heterocycles. The van der Waals surface area contributed by atoms with Crippen molar-refractivity contribution in [3.63, 3.8) is 0 Å². The summed E-state index contributed by atoms with van der Waals surface area (Å²) < 4.78 is 43.6. The lowest BCUT2D eigenvalue weighted by Gasteiger charge is -2.12. The number of carbonyl (C=O) groups is 2. The monoisotopic (exact) mass is 392 g/mol. The van der Waals surface area contributed by atoms with Crippen molar-refractivity contribution in [3.8, 4) is 0 Å². The SMILES string of the molecule is O=C(NCc1cccc(C(F)(F)F)c1)c1cccc(NC(=O)C2CCCO2)c1. The summed E-state index contributed by atoms with van der Waals surface area (Å²) >= 11 is 0. The summed E-state index contributed by atoms with van der Waals surface area (Å²) in [6.45, 7) is 0.505. The number of anilines is 1. The second-order valence-electron chi connectivity index (χ2n) is 6.45. The quantitative estimate of drug-likeness (QED) is 0.814. The van der Waals surface area contributed by atoms with Crippen LogP contribution in [0.2, 0.25) is 0 Å².